The molecule has 0 radical (unpaired) electrons. The van der Waals surface area contributed by atoms with E-state index in [0.29, 0.717) is 11.0 Å². The predicted molar refractivity (Wildman–Crippen MR) is 118 cm³/mol. The molecule has 0 aliphatic carbocycles. The van der Waals surface area contributed by atoms with Gasteiger partial charge in [0.1, 0.15) is 5.52 Å². The third-order valence-electron chi connectivity index (χ3n) is 4.44. The minimum atomic E-state index is 0.643. The van der Waals surface area contributed by atoms with Gasteiger partial charge in [-0.05, 0) is 42.5 Å². The zero-order valence-electron chi connectivity index (χ0n) is 14.1. The van der Waals surface area contributed by atoms with Crippen molar-refractivity contribution in [2.75, 3.05) is 0 Å². The summed E-state index contributed by atoms with van der Waals surface area (Å²) in [5, 5.41) is 10.5. The van der Waals surface area contributed by atoms with E-state index in [4.69, 9.17) is 17.2 Å². The number of fused-ring (bicyclic) bond motifs is 4. The lowest BCUT2D eigenvalue weighted by atomic mass is 10.2. The quantitative estimate of drug-likeness (QED) is 0.245. The van der Waals surface area contributed by atoms with E-state index in [0.717, 1.165) is 36.0 Å². The normalized spacial score (nSPS) is 11.8. The summed E-state index contributed by atoms with van der Waals surface area (Å²) in [6.07, 6.45) is 0. The smallest absolute Gasteiger partial charge is 0.212 e. The van der Waals surface area contributed by atoms with Crippen LogP contribution in [-0.2, 0) is 12.9 Å². The summed E-state index contributed by atoms with van der Waals surface area (Å²) in [4.78, 5) is 4.74. The van der Waals surface area contributed by atoms with E-state index < -0.39 is 0 Å². The number of halogens is 1. The Bertz CT molecular complexity index is 1380. The Morgan fingerprint density at radius 1 is 1.15 bits per heavy atom. The van der Waals surface area contributed by atoms with Crippen LogP contribution in [0.1, 0.15) is 0 Å². The minimum Gasteiger partial charge on any atom is -0.327 e. The first kappa shape index (κ1) is 17.3. The molecule has 0 fully saturated rings. The lowest BCUT2D eigenvalue weighted by Gasteiger charge is -2.04. The predicted octanol–water partition coefficient (Wildman–Crippen LogP) is 5.77. The van der Waals surface area contributed by atoms with Crippen LogP contribution in [0.4, 0.5) is 0 Å². The monoisotopic (exact) mass is 473 g/mol. The van der Waals surface area contributed by atoms with Crippen molar-refractivity contribution < 1.29 is 0 Å². The summed E-state index contributed by atoms with van der Waals surface area (Å²) < 4.78 is 7.23. The molecule has 5 rings (SSSR count). The van der Waals surface area contributed by atoms with Gasteiger partial charge in [-0.1, -0.05) is 39.8 Å². The van der Waals surface area contributed by atoms with E-state index in [1.165, 1.54) is 16.5 Å². The zero-order valence-corrected chi connectivity index (χ0v) is 18.1. The van der Waals surface area contributed by atoms with Crippen molar-refractivity contribution in [2.24, 2.45) is 7.05 Å². The maximum Gasteiger partial charge on any atom is 0.212 e. The molecule has 0 bridgehead atoms. The molecule has 0 saturated carbocycles. The highest BCUT2D eigenvalue weighted by Gasteiger charge is 2.14. The van der Waals surface area contributed by atoms with Crippen LogP contribution >= 0.6 is 51.2 Å². The average molecular weight is 474 g/mol. The van der Waals surface area contributed by atoms with Gasteiger partial charge in [0.25, 0.3) is 0 Å². The topological polar surface area (TPSA) is 48.5 Å². The fraction of sp³-hybridized carbons (Fsp3) is 0.111. The second-order valence-electron chi connectivity index (χ2n) is 6.02. The fourth-order valence-electron chi connectivity index (χ4n) is 3.14. The number of hydrogen-bond acceptors (Lipinski definition) is 6. The van der Waals surface area contributed by atoms with Gasteiger partial charge in [0, 0.05) is 16.9 Å². The first-order valence-electron chi connectivity index (χ1n) is 8.11. The first-order chi connectivity index (χ1) is 13.1. The van der Waals surface area contributed by atoms with Crippen LogP contribution in [0.15, 0.2) is 52.1 Å². The standard InChI is InChI=1S/C18H12BrN5S3/c1-23-12-7-6-10(19)8-11(12)15-16(23)20-17(22-21-15)26-9-24-13-4-2-3-5-14(13)27-18(24)25/h2-8H,9H2,1H3. The maximum atomic E-state index is 5.53. The first-order valence-corrected chi connectivity index (χ1v) is 11.1. The highest BCUT2D eigenvalue weighted by atomic mass is 79.9. The Kier molecular flexibility index (Phi) is 4.27. The third kappa shape index (κ3) is 2.89. The van der Waals surface area contributed by atoms with Gasteiger partial charge in [-0.2, -0.15) is 0 Å². The van der Waals surface area contributed by atoms with Gasteiger partial charge in [-0.15, -0.1) is 21.5 Å². The van der Waals surface area contributed by atoms with Gasteiger partial charge in [0.2, 0.25) is 5.16 Å². The molecule has 3 aromatic heterocycles. The number of aryl methyl sites for hydroxylation is 1. The molecule has 0 amide bonds. The van der Waals surface area contributed by atoms with Crippen LogP contribution in [0.5, 0.6) is 0 Å². The molecule has 9 heteroatoms. The lowest BCUT2D eigenvalue weighted by molar-refractivity contribution is 0.844. The van der Waals surface area contributed by atoms with Gasteiger partial charge in [0.05, 0.1) is 21.6 Å². The van der Waals surface area contributed by atoms with Crippen molar-refractivity contribution in [3.63, 3.8) is 0 Å². The van der Waals surface area contributed by atoms with Crippen molar-refractivity contribution in [1.29, 1.82) is 0 Å². The number of aromatic nitrogens is 5. The van der Waals surface area contributed by atoms with Crippen LogP contribution in [-0.4, -0.2) is 24.3 Å². The van der Waals surface area contributed by atoms with E-state index in [-0.39, 0.29) is 0 Å². The van der Waals surface area contributed by atoms with Gasteiger partial charge in [0.15, 0.2) is 9.60 Å². The highest BCUT2D eigenvalue weighted by molar-refractivity contribution is 9.10. The molecular formula is C18H12BrN5S3. The van der Waals surface area contributed by atoms with Crippen molar-refractivity contribution in [3.05, 3.63) is 50.9 Å². The van der Waals surface area contributed by atoms with E-state index in [2.05, 4.69) is 59.5 Å². The fourth-order valence-corrected chi connectivity index (χ4v) is 5.75. The molecule has 0 aliphatic heterocycles. The zero-order chi connectivity index (χ0) is 18.5. The number of thioether (sulfide) groups is 1. The SMILES string of the molecule is Cn1c2ccc(Br)cc2c2nnc(SCn3c(=S)sc4ccccc43)nc21. The molecule has 2 aromatic carbocycles. The van der Waals surface area contributed by atoms with Gasteiger partial charge < -0.3 is 9.13 Å². The lowest BCUT2D eigenvalue weighted by Crippen LogP contribution is -1.98. The molecule has 3 heterocycles. The van der Waals surface area contributed by atoms with Crippen molar-refractivity contribution in [3.8, 4) is 0 Å². The number of rotatable bonds is 3. The third-order valence-corrected chi connectivity index (χ3v) is 7.18. The van der Waals surface area contributed by atoms with Crippen LogP contribution in [0.2, 0.25) is 0 Å². The Balaban J connectivity index is 1.54. The number of hydrogen-bond donors (Lipinski definition) is 0. The van der Waals surface area contributed by atoms with Gasteiger partial charge in [-0.25, -0.2) is 4.98 Å². The van der Waals surface area contributed by atoms with Crippen molar-refractivity contribution in [2.45, 2.75) is 11.0 Å². The Morgan fingerprint density at radius 2 is 2.00 bits per heavy atom. The summed E-state index contributed by atoms with van der Waals surface area (Å²) in [5.41, 5.74) is 3.88. The number of benzene rings is 2. The Morgan fingerprint density at radius 3 is 2.89 bits per heavy atom. The Labute approximate surface area is 176 Å². The van der Waals surface area contributed by atoms with Crippen LogP contribution in [0.3, 0.4) is 0 Å². The van der Waals surface area contributed by atoms with E-state index in [1.807, 2.05) is 25.2 Å². The van der Waals surface area contributed by atoms with Crippen LogP contribution in [0, 0.1) is 3.95 Å². The molecule has 27 heavy (non-hydrogen) atoms. The van der Waals surface area contributed by atoms with Gasteiger partial charge in [-0.3, -0.25) is 0 Å². The van der Waals surface area contributed by atoms with Gasteiger partial charge >= 0.3 is 0 Å². The molecular weight excluding hydrogens is 462 g/mol. The molecule has 0 atom stereocenters. The second-order valence-corrected chi connectivity index (χ2v) is 9.53. The molecule has 0 unspecified atom stereocenters. The Hall–Kier alpha value is -1.81. The molecule has 0 spiro atoms. The molecule has 134 valence electrons. The highest BCUT2D eigenvalue weighted by Crippen LogP contribution is 2.30. The summed E-state index contributed by atoms with van der Waals surface area (Å²) in [5.74, 6) is 0.658. The number of para-hydroxylation sites is 1. The summed E-state index contributed by atoms with van der Waals surface area (Å²) in [6, 6.07) is 14.4. The molecule has 5 aromatic rings. The second kappa shape index (κ2) is 6.66. The molecule has 5 nitrogen and oxygen atoms in total. The van der Waals surface area contributed by atoms with E-state index >= 15 is 0 Å². The summed E-state index contributed by atoms with van der Waals surface area (Å²) in [6.45, 7) is 0. The van der Waals surface area contributed by atoms with Crippen LogP contribution < -0.4 is 0 Å². The number of nitrogens with zero attached hydrogens (tertiary/aromatic N) is 5. The van der Waals surface area contributed by atoms with Crippen molar-refractivity contribution in [1.82, 2.24) is 24.3 Å². The van der Waals surface area contributed by atoms with Crippen LogP contribution in [0.25, 0.3) is 32.3 Å². The maximum absolute atomic E-state index is 5.53. The largest absolute Gasteiger partial charge is 0.327 e. The van der Waals surface area contributed by atoms with E-state index in [1.54, 1.807) is 11.3 Å². The summed E-state index contributed by atoms with van der Waals surface area (Å²) in [7, 11) is 2.00. The minimum absolute atomic E-state index is 0.643. The average Bonchev–Trinajstić information content (AvgIpc) is 3.14. The van der Waals surface area contributed by atoms with Crippen molar-refractivity contribution >= 4 is 83.5 Å². The molecule has 0 aliphatic rings. The molecule has 0 N–H and O–H groups in total. The summed E-state index contributed by atoms with van der Waals surface area (Å²) >= 11 is 12.2. The number of thiazole rings is 1. The molecule has 0 saturated heterocycles. The van der Waals surface area contributed by atoms with E-state index in [9.17, 15) is 0 Å².